The summed E-state index contributed by atoms with van der Waals surface area (Å²) < 4.78 is 65.8. The molecule has 9 nitrogen and oxygen atoms in total. The Bertz CT molecular complexity index is 1070. The molecule has 1 atom stereocenters. The van der Waals surface area contributed by atoms with Gasteiger partial charge in [0, 0.05) is 45.5 Å². The summed E-state index contributed by atoms with van der Waals surface area (Å²) in [7, 11) is 0. The molecule has 0 spiro atoms. The van der Waals surface area contributed by atoms with Crippen molar-refractivity contribution in [1.29, 1.82) is 0 Å². The first-order valence-corrected chi connectivity index (χ1v) is 12.1. The van der Waals surface area contributed by atoms with Gasteiger partial charge >= 0.3 is 24.3 Å². The number of alkyl halides is 6. The lowest BCUT2D eigenvalue weighted by molar-refractivity contribution is -0.193. The van der Waals surface area contributed by atoms with Crippen LogP contribution in [-0.4, -0.2) is 88.1 Å². The number of hydrogen-bond donors (Lipinski definition) is 3. The fourth-order valence-electron chi connectivity index (χ4n) is 4.27. The quantitative estimate of drug-likeness (QED) is 0.494. The van der Waals surface area contributed by atoms with Crippen LogP contribution in [0, 0.1) is 5.92 Å². The molecule has 1 unspecified atom stereocenters. The third-order valence-corrected chi connectivity index (χ3v) is 6.29. The van der Waals surface area contributed by atoms with Gasteiger partial charge in [0.2, 0.25) is 0 Å². The molecule has 2 saturated heterocycles. The summed E-state index contributed by atoms with van der Waals surface area (Å²) in [5.74, 6) is -3.27. The summed E-state index contributed by atoms with van der Waals surface area (Å²) in [5, 5.41) is 17.8. The number of anilines is 1. The molecule has 1 saturated carbocycles. The predicted octanol–water partition coefficient (Wildman–Crippen LogP) is 3.56. The number of aromatic nitrogens is 2. The summed E-state index contributed by atoms with van der Waals surface area (Å²) >= 11 is 0. The highest BCUT2D eigenvalue weighted by molar-refractivity contribution is 5.73. The van der Waals surface area contributed by atoms with Crippen molar-refractivity contribution < 1.29 is 46.1 Å². The van der Waals surface area contributed by atoms with Gasteiger partial charge in [-0.2, -0.15) is 26.3 Å². The van der Waals surface area contributed by atoms with Crippen molar-refractivity contribution in [2.75, 3.05) is 44.2 Å². The minimum Gasteiger partial charge on any atom is -0.475 e. The van der Waals surface area contributed by atoms with E-state index in [1.54, 1.807) is 0 Å². The number of piperazine rings is 1. The molecule has 0 aromatic carbocycles. The van der Waals surface area contributed by atoms with Crippen molar-refractivity contribution in [2.24, 2.45) is 5.92 Å². The maximum atomic E-state index is 10.6. The van der Waals surface area contributed by atoms with Crippen LogP contribution >= 0.6 is 0 Å². The van der Waals surface area contributed by atoms with Crippen molar-refractivity contribution >= 4 is 23.4 Å². The minimum atomic E-state index is -5.08. The van der Waals surface area contributed by atoms with Crippen LogP contribution in [0.2, 0.25) is 0 Å². The SMILES string of the molecule is O=C(O)C(F)(F)F.O=C(O)C(F)(F)F.c1cc(N2CCCC2)n2cc(C3CNCCN3CC3CC3)nc2c1. The number of carbonyl (C=O) groups is 2. The Labute approximate surface area is 214 Å². The number of fused-ring (bicyclic) bond motifs is 1. The Hall–Kier alpha value is -3.07. The number of nitrogens with zero attached hydrogens (tertiary/aromatic N) is 4. The number of pyridine rings is 1. The molecular weight excluding hydrogens is 524 g/mol. The van der Waals surface area contributed by atoms with Crippen LogP contribution in [0.15, 0.2) is 24.4 Å². The lowest BCUT2D eigenvalue weighted by Gasteiger charge is -2.35. The smallest absolute Gasteiger partial charge is 0.475 e. The highest BCUT2D eigenvalue weighted by Crippen LogP contribution is 2.33. The second kappa shape index (κ2) is 12.2. The molecule has 0 amide bonds. The summed E-state index contributed by atoms with van der Waals surface area (Å²) in [5.41, 5.74) is 2.32. The molecule has 5 rings (SSSR count). The number of carboxylic acid groups (broad SMARTS) is 2. The van der Waals surface area contributed by atoms with Crippen LogP contribution in [-0.2, 0) is 9.59 Å². The van der Waals surface area contributed by atoms with Crippen LogP contribution in [0.1, 0.15) is 37.4 Å². The van der Waals surface area contributed by atoms with Crippen LogP contribution in [0.25, 0.3) is 5.65 Å². The second-order valence-corrected chi connectivity index (χ2v) is 9.24. The average molecular weight is 554 g/mol. The largest absolute Gasteiger partial charge is 0.490 e. The number of hydrogen-bond acceptors (Lipinski definition) is 6. The average Bonchev–Trinajstić information content (AvgIpc) is 3.31. The third kappa shape index (κ3) is 8.21. The zero-order valence-electron chi connectivity index (χ0n) is 20.3. The molecule has 2 aliphatic heterocycles. The molecular formula is C23H29F6N5O4. The normalized spacial score (nSPS) is 20.4. The lowest BCUT2D eigenvalue weighted by Crippen LogP contribution is -2.46. The van der Waals surface area contributed by atoms with Crippen LogP contribution < -0.4 is 10.2 Å². The Morgan fingerprint density at radius 3 is 2.08 bits per heavy atom. The van der Waals surface area contributed by atoms with E-state index in [1.807, 2.05) is 0 Å². The molecule has 4 heterocycles. The monoisotopic (exact) mass is 553 g/mol. The Kier molecular flexibility index (Phi) is 9.46. The van der Waals surface area contributed by atoms with E-state index in [0.29, 0.717) is 6.04 Å². The fraction of sp³-hybridized carbons (Fsp3) is 0.609. The number of imidazole rings is 1. The van der Waals surface area contributed by atoms with Gasteiger partial charge in [-0.25, -0.2) is 14.6 Å². The van der Waals surface area contributed by atoms with Crippen molar-refractivity contribution in [1.82, 2.24) is 19.6 Å². The summed E-state index contributed by atoms with van der Waals surface area (Å²) in [6, 6.07) is 6.96. The highest BCUT2D eigenvalue weighted by Gasteiger charge is 2.39. The van der Waals surface area contributed by atoms with E-state index in [-0.39, 0.29) is 0 Å². The number of carboxylic acids is 2. The van der Waals surface area contributed by atoms with Crippen LogP contribution in [0.3, 0.4) is 0 Å². The van der Waals surface area contributed by atoms with Gasteiger partial charge in [-0.3, -0.25) is 9.30 Å². The summed E-state index contributed by atoms with van der Waals surface area (Å²) in [6.07, 6.45) is -2.43. The van der Waals surface area contributed by atoms with Gasteiger partial charge in [0.15, 0.2) is 0 Å². The summed E-state index contributed by atoms with van der Waals surface area (Å²) in [4.78, 5) is 28.0. The van der Waals surface area contributed by atoms with Crippen molar-refractivity contribution in [3.8, 4) is 0 Å². The maximum absolute atomic E-state index is 10.6. The standard InChI is InChI=1S/C19H27N5.2C2HF3O2/c1-2-10-22(9-1)19-5-3-4-18-21-16(14-24(18)19)17-12-20-8-11-23(17)13-15-6-7-15;2*3-2(4,5)1(6)7/h3-5,14-15,17,20H,1-2,6-13H2;2*(H,6,7). The minimum absolute atomic E-state index is 0.422. The molecule has 3 aliphatic rings. The van der Waals surface area contributed by atoms with Crippen molar-refractivity contribution in [3.63, 3.8) is 0 Å². The van der Waals surface area contributed by atoms with Crippen LogP contribution in [0.5, 0.6) is 0 Å². The molecule has 1 aliphatic carbocycles. The van der Waals surface area contributed by atoms with Gasteiger partial charge in [0.1, 0.15) is 11.5 Å². The maximum Gasteiger partial charge on any atom is 0.490 e. The van der Waals surface area contributed by atoms with Crippen molar-refractivity contribution in [3.05, 3.63) is 30.1 Å². The van der Waals surface area contributed by atoms with E-state index in [2.05, 4.69) is 43.9 Å². The summed E-state index contributed by atoms with van der Waals surface area (Å²) in [6.45, 7) is 6.87. The van der Waals surface area contributed by atoms with E-state index in [4.69, 9.17) is 24.8 Å². The van der Waals surface area contributed by atoms with Gasteiger partial charge in [-0.1, -0.05) is 6.07 Å². The number of aliphatic carboxylic acids is 2. The van der Waals surface area contributed by atoms with Gasteiger partial charge in [0.25, 0.3) is 0 Å². The zero-order chi connectivity index (χ0) is 28.1. The van der Waals surface area contributed by atoms with Gasteiger partial charge in [-0.05, 0) is 43.7 Å². The molecule has 15 heteroatoms. The van der Waals surface area contributed by atoms with E-state index in [9.17, 15) is 26.3 Å². The fourth-order valence-corrected chi connectivity index (χ4v) is 4.27. The predicted molar refractivity (Wildman–Crippen MR) is 124 cm³/mol. The van der Waals surface area contributed by atoms with E-state index in [0.717, 1.165) is 31.2 Å². The molecule has 212 valence electrons. The van der Waals surface area contributed by atoms with E-state index in [1.165, 1.54) is 56.8 Å². The molecule has 0 bridgehead atoms. The zero-order valence-corrected chi connectivity index (χ0v) is 20.3. The van der Waals surface area contributed by atoms with E-state index < -0.39 is 24.3 Å². The topological polar surface area (TPSA) is 110 Å². The lowest BCUT2D eigenvalue weighted by atomic mass is 10.1. The molecule has 3 fully saturated rings. The van der Waals surface area contributed by atoms with Crippen LogP contribution in [0.4, 0.5) is 32.2 Å². The first-order valence-electron chi connectivity index (χ1n) is 12.1. The number of rotatable bonds is 4. The van der Waals surface area contributed by atoms with Crippen molar-refractivity contribution in [2.45, 2.75) is 44.1 Å². The molecule has 2 aromatic rings. The number of halogens is 6. The molecule has 0 radical (unpaired) electrons. The Morgan fingerprint density at radius 2 is 1.55 bits per heavy atom. The molecule has 38 heavy (non-hydrogen) atoms. The van der Waals surface area contributed by atoms with Gasteiger partial charge in [0.05, 0.1) is 11.7 Å². The van der Waals surface area contributed by atoms with Gasteiger partial charge in [-0.15, -0.1) is 0 Å². The Balaban J connectivity index is 0.000000239. The van der Waals surface area contributed by atoms with E-state index >= 15 is 0 Å². The third-order valence-electron chi connectivity index (χ3n) is 6.29. The first kappa shape index (κ1) is 29.5. The molecule has 3 N–H and O–H groups in total. The highest BCUT2D eigenvalue weighted by atomic mass is 19.4. The van der Waals surface area contributed by atoms with Gasteiger partial charge < -0.3 is 20.4 Å². The molecule has 2 aromatic heterocycles. The Morgan fingerprint density at radius 1 is 0.974 bits per heavy atom. The second-order valence-electron chi connectivity index (χ2n) is 9.24. The first-order chi connectivity index (χ1) is 17.8. The number of nitrogens with one attached hydrogen (secondary N) is 1.